The molecule has 0 aliphatic heterocycles. The van der Waals surface area contributed by atoms with Crippen molar-refractivity contribution in [1.82, 2.24) is 0 Å². The summed E-state index contributed by atoms with van der Waals surface area (Å²) in [6, 6.07) is 0. The topological polar surface area (TPSA) is 150 Å². The van der Waals surface area contributed by atoms with Crippen LogP contribution < -0.4 is 0 Å². The van der Waals surface area contributed by atoms with E-state index in [9.17, 15) is 35.4 Å². The highest BCUT2D eigenvalue weighted by Gasteiger charge is 2.87. The summed E-state index contributed by atoms with van der Waals surface area (Å²) in [5, 5.41) is 44.6. The summed E-state index contributed by atoms with van der Waals surface area (Å²) in [4.78, 5) is 30.0. The van der Waals surface area contributed by atoms with Crippen molar-refractivity contribution >= 4 is 0 Å². The summed E-state index contributed by atoms with van der Waals surface area (Å²) in [6.07, 6.45) is 1.47. The number of hydrogen-bond donors (Lipinski definition) is 1. The van der Waals surface area contributed by atoms with Gasteiger partial charge in [0.05, 0.1) is 5.60 Å². The first-order chi connectivity index (χ1) is 9.65. The largest absolute Gasteiger partial charge is 0.705 e. The second-order valence-corrected chi connectivity index (χ2v) is 6.87. The molecule has 4 fully saturated rings. The van der Waals surface area contributed by atoms with E-state index in [0.29, 0.717) is 12.8 Å². The van der Waals surface area contributed by atoms with Crippen LogP contribution in [-0.4, -0.2) is 31.3 Å². The van der Waals surface area contributed by atoms with Crippen molar-refractivity contribution in [1.29, 1.82) is 0 Å². The molecule has 1 N–H and O–H groups in total. The molecule has 2 unspecified atom stereocenters. The average molecular weight is 301 g/mol. The van der Waals surface area contributed by atoms with Gasteiger partial charge in [-0.3, -0.25) is 30.3 Å². The summed E-state index contributed by atoms with van der Waals surface area (Å²) in [5.41, 5.74) is -2.94. The minimum absolute atomic E-state index is 0.0642. The number of rotatable bonds is 4. The summed E-state index contributed by atoms with van der Waals surface area (Å²) >= 11 is 0. The van der Waals surface area contributed by atoms with Gasteiger partial charge in [-0.1, -0.05) is 0 Å². The van der Waals surface area contributed by atoms with Gasteiger partial charge in [-0.15, -0.1) is 0 Å². The lowest BCUT2D eigenvalue weighted by Gasteiger charge is -2.57. The fourth-order valence-electron chi connectivity index (χ4n) is 5.39. The van der Waals surface area contributed by atoms with Gasteiger partial charge in [0.15, 0.2) is 20.2 Å². The first-order valence-corrected chi connectivity index (χ1v) is 6.81. The van der Waals surface area contributed by atoms with E-state index in [4.69, 9.17) is 0 Å². The van der Waals surface area contributed by atoms with Crippen LogP contribution >= 0.6 is 0 Å². The van der Waals surface area contributed by atoms with Crippen LogP contribution in [0.2, 0.25) is 0 Å². The summed E-state index contributed by atoms with van der Waals surface area (Å²) < 4.78 is 0. The predicted octanol–water partition coefficient (Wildman–Crippen LogP) is 0.802. The molecule has 0 aromatic heterocycles. The normalized spacial score (nSPS) is 41.0. The Hall–Kier alpha value is -1.84. The Balaban J connectivity index is 2.18. The lowest BCUT2D eigenvalue weighted by molar-refractivity contribution is -0.989. The molecule has 0 aromatic carbocycles. The fourth-order valence-corrected chi connectivity index (χ4v) is 5.39. The van der Waals surface area contributed by atoms with E-state index in [1.807, 2.05) is 0 Å². The molecule has 0 radical (unpaired) electrons. The minimum atomic E-state index is -3.46. The van der Waals surface area contributed by atoms with E-state index in [0.717, 1.165) is 6.42 Å². The lowest BCUT2D eigenvalue weighted by atomic mass is 9.46. The Morgan fingerprint density at radius 1 is 0.905 bits per heavy atom. The van der Waals surface area contributed by atoms with Crippen molar-refractivity contribution in [3.05, 3.63) is 30.3 Å². The van der Waals surface area contributed by atoms with Crippen molar-refractivity contribution in [2.24, 2.45) is 17.3 Å². The minimum Gasteiger partial charge on any atom is -0.390 e. The first-order valence-electron chi connectivity index (χ1n) is 6.81. The molecule has 4 aliphatic rings. The molecule has 10 heteroatoms. The van der Waals surface area contributed by atoms with Crippen molar-refractivity contribution in [3.63, 3.8) is 0 Å². The molecule has 0 spiro atoms. The highest BCUT2D eigenvalue weighted by atomic mass is 16.7. The zero-order valence-corrected chi connectivity index (χ0v) is 11.1. The zero-order valence-electron chi connectivity index (χ0n) is 11.1. The second-order valence-electron chi connectivity index (χ2n) is 6.87. The van der Waals surface area contributed by atoms with Gasteiger partial charge in [0.25, 0.3) is 0 Å². The molecule has 0 amide bonds. The van der Waals surface area contributed by atoms with Gasteiger partial charge < -0.3 is 5.11 Å². The highest BCUT2D eigenvalue weighted by molar-refractivity contribution is 5.10. The van der Waals surface area contributed by atoms with E-state index in [2.05, 4.69) is 0 Å². The summed E-state index contributed by atoms with van der Waals surface area (Å²) in [5.74, 6) is -3.69. The molecule has 116 valence electrons. The third-order valence-corrected chi connectivity index (χ3v) is 5.51. The zero-order chi connectivity index (χ0) is 15.6. The van der Waals surface area contributed by atoms with E-state index in [-0.39, 0.29) is 31.1 Å². The lowest BCUT2D eigenvalue weighted by Crippen LogP contribution is -2.71. The van der Waals surface area contributed by atoms with Crippen LogP contribution in [0, 0.1) is 47.6 Å². The highest BCUT2D eigenvalue weighted by Crippen LogP contribution is 2.65. The molecule has 4 bridgehead atoms. The molecule has 4 rings (SSSR count). The smallest absolute Gasteiger partial charge is 0.390 e. The Bertz CT molecular complexity index is 498. The van der Waals surface area contributed by atoms with Crippen LogP contribution in [0.4, 0.5) is 0 Å². The maximum absolute atomic E-state index is 11.4. The van der Waals surface area contributed by atoms with Gasteiger partial charge in [-0.05, 0) is 43.9 Å². The number of nitro groups is 3. The van der Waals surface area contributed by atoms with Crippen LogP contribution in [0.15, 0.2) is 0 Å². The first kappa shape index (κ1) is 14.1. The molecule has 4 aliphatic carbocycles. The van der Waals surface area contributed by atoms with Crippen molar-refractivity contribution < 1.29 is 19.9 Å². The molecule has 2 atom stereocenters. The molecule has 0 aromatic rings. The Morgan fingerprint density at radius 2 is 1.33 bits per heavy atom. The fraction of sp³-hybridized carbons (Fsp3) is 1.00. The number of aliphatic hydroxyl groups is 1. The third kappa shape index (κ3) is 1.56. The maximum Gasteiger partial charge on any atom is 0.705 e. The standard InChI is InChI=1S/C11H15N3O7/c15-10-4-7-1-8(5-10)3-9(2-7,6-10)11(12(16)17,13(18)19)14(20)21/h7-8,15H,1-6H2. The Morgan fingerprint density at radius 3 is 1.67 bits per heavy atom. The molecule has 10 nitrogen and oxygen atoms in total. The molecular weight excluding hydrogens is 286 g/mol. The van der Waals surface area contributed by atoms with Crippen LogP contribution in [0.3, 0.4) is 0 Å². The second kappa shape index (κ2) is 3.87. The Kier molecular flexibility index (Phi) is 2.60. The van der Waals surface area contributed by atoms with Crippen molar-refractivity contribution in [2.45, 2.75) is 49.9 Å². The average Bonchev–Trinajstić information content (AvgIpc) is 2.22. The predicted molar refractivity (Wildman–Crippen MR) is 65.8 cm³/mol. The van der Waals surface area contributed by atoms with Crippen LogP contribution in [0.5, 0.6) is 0 Å². The van der Waals surface area contributed by atoms with Gasteiger partial charge in [0.1, 0.15) is 0 Å². The van der Waals surface area contributed by atoms with E-state index >= 15 is 0 Å². The number of hydrogen-bond acceptors (Lipinski definition) is 7. The van der Waals surface area contributed by atoms with E-state index in [1.54, 1.807) is 0 Å². The molecule has 0 saturated heterocycles. The maximum atomic E-state index is 11.4. The molecular formula is C11H15N3O7. The monoisotopic (exact) mass is 301 g/mol. The van der Waals surface area contributed by atoms with Crippen LogP contribution in [0.25, 0.3) is 0 Å². The van der Waals surface area contributed by atoms with Crippen LogP contribution in [-0.2, 0) is 0 Å². The van der Waals surface area contributed by atoms with Crippen LogP contribution in [0.1, 0.15) is 38.5 Å². The van der Waals surface area contributed by atoms with Crippen molar-refractivity contribution in [2.75, 3.05) is 0 Å². The number of nitrogens with zero attached hydrogens (tertiary/aromatic N) is 3. The van der Waals surface area contributed by atoms with Crippen molar-refractivity contribution in [3.8, 4) is 0 Å². The van der Waals surface area contributed by atoms with Gasteiger partial charge in [-0.25, -0.2) is 0 Å². The van der Waals surface area contributed by atoms with Gasteiger partial charge in [0.2, 0.25) is 0 Å². The van der Waals surface area contributed by atoms with E-state index in [1.165, 1.54) is 0 Å². The van der Waals surface area contributed by atoms with Gasteiger partial charge >= 0.3 is 5.79 Å². The quantitative estimate of drug-likeness (QED) is 0.458. The molecule has 21 heavy (non-hydrogen) atoms. The Labute approximate surface area is 118 Å². The van der Waals surface area contributed by atoms with Gasteiger partial charge in [0, 0.05) is 6.42 Å². The summed E-state index contributed by atoms with van der Waals surface area (Å²) in [7, 11) is 0. The van der Waals surface area contributed by atoms with E-state index < -0.39 is 31.6 Å². The van der Waals surface area contributed by atoms with Gasteiger partial charge in [-0.2, -0.15) is 0 Å². The molecule has 4 saturated carbocycles. The molecule has 0 heterocycles. The SMILES string of the molecule is O=[N+]([O-])C([N+](=O)[O-])([N+](=O)[O-])C12CC3CC(CC(O)(C3)C1)C2. The third-order valence-electron chi connectivity index (χ3n) is 5.51. The summed E-state index contributed by atoms with van der Waals surface area (Å²) in [6.45, 7) is 0.